The van der Waals surface area contributed by atoms with Crippen LogP contribution in [0.3, 0.4) is 0 Å². The first-order chi connectivity index (χ1) is 8.22. The average molecular weight is 329 g/mol. The van der Waals surface area contributed by atoms with Crippen LogP contribution in [0.4, 0.5) is 17.6 Å². The highest BCUT2D eigenvalue weighted by molar-refractivity contribution is 9.10. The van der Waals surface area contributed by atoms with E-state index in [0.29, 0.717) is 0 Å². The van der Waals surface area contributed by atoms with Crippen LogP contribution in [0.5, 0.6) is 5.75 Å². The molecule has 0 saturated carbocycles. The van der Waals surface area contributed by atoms with Crippen LogP contribution in [0.1, 0.15) is 12.0 Å². The zero-order valence-corrected chi connectivity index (χ0v) is 10.5. The van der Waals surface area contributed by atoms with Crippen LogP contribution in [0.15, 0.2) is 16.6 Å². The maximum Gasteiger partial charge on any atom is 0.392 e. The summed E-state index contributed by atoms with van der Waals surface area (Å²) in [4.78, 5) is 0. The Balaban J connectivity index is 2.80. The van der Waals surface area contributed by atoms with Gasteiger partial charge in [-0.15, -0.1) is 0 Å². The molecule has 1 aromatic carbocycles. The first kappa shape index (κ1) is 14.7. The van der Waals surface area contributed by atoms with Crippen molar-refractivity contribution in [1.29, 1.82) is 5.41 Å². The lowest BCUT2D eigenvalue weighted by molar-refractivity contribution is -0.139. The van der Waals surface area contributed by atoms with E-state index in [2.05, 4.69) is 15.9 Å². The second-order valence-electron chi connectivity index (χ2n) is 3.37. The number of hydrogen-bond donors (Lipinski definition) is 2. The molecule has 0 atom stereocenters. The maximum atomic E-state index is 13.6. The molecule has 0 amide bonds. The molecule has 100 valence electrons. The molecule has 0 bridgehead atoms. The van der Waals surface area contributed by atoms with Gasteiger partial charge in [-0.3, -0.25) is 5.41 Å². The predicted octanol–water partition coefficient (Wildman–Crippen LogP) is 3.20. The Morgan fingerprint density at radius 2 is 2.00 bits per heavy atom. The highest BCUT2D eigenvalue weighted by Crippen LogP contribution is 2.29. The number of nitrogens with two attached hydrogens (primary N) is 1. The number of hydrogen-bond acceptors (Lipinski definition) is 2. The molecule has 0 heterocycles. The Morgan fingerprint density at radius 3 is 2.50 bits per heavy atom. The molecule has 0 aliphatic rings. The van der Waals surface area contributed by atoms with Gasteiger partial charge in [-0.25, -0.2) is 4.39 Å². The highest BCUT2D eigenvalue weighted by Gasteiger charge is 2.27. The van der Waals surface area contributed by atoms with E-state index in [9.17, 15) is 17.6 Å². The van der Waals surface area contributed by atoms with Crippen LogP contribution >= 0.6 is 15.9 Å². The van der Waals surface area contributed by atoms with E-state index in [-0.39, 0.29) is 21.6 Å². The SMILES string of the molecule is N=C(N)c1ccc(OCCC(F)(F)F)c(F)c1Br. The lowest BCUT2D eigenvalue weighted by Crippen LogP contribution is -2.15. The van der Waals surface area contributed by atoms with Crippen molar-refractivity contribution in [3.63, 3.8) is 0 Å². The van der Waals surface area contributed by atoms with Crippen molar-refractivity contribution >= 4 is 21.8 Å². The van der Waals surface area contributed by atoms with Crippen molar-refractivity contribution < 1.29 is 22.3 Å². The lowest BCUT2D eigenvalue weighted by atomic mass is 10.2. The summed E-state index contributed by atoms with van der Waals surface area (Å²) in [5, 5.41) is 7.15. The van der Waals surface area contributed by atoms with Gasteiger partial charge in [0.1, 0.15) is 5.84 Å². The summed E-state index contributed by atoms with van der Waals surface area (Å²) in [7, 11) is 0. The Hall–Kier alpha value is -1.31. The molecular formula is C10H9BrF4N2O. The van der Waals surface area contributed by atoms with Gasteiger partial charge in [0, 0.05) is 5.56 Å². The van der Waals surface area contributed by atoms with E-state index in [0.717, 1.165) is 6.07 Å². The van der Waals surface area contributed by atoms with Crippen LogP contribution in [-0.2, 0) is 0 Å². The minimum atomic E-state index is -4.35. The van der Waals surface area contributed by atoms with E-state index < -0.39 is 25.0 Å². The first-order valence-electron chi connectivity index (χ1n) is 4.74. The van der Waals surface area contributed by atoms with Gasteiger partial charge in [-0.1, -0.05) is 0 Å². The fraction of sp³-hybridized carbons (Fsp3) is 0.300. The molecule has 0 unspecified atom stereocenters. The number of nitrogen functional groups attached to an aromatic ring is 1. The third-order valence-electron chi connectivity index (χ3n) is 1.98. The van der Waals surface area contributed by atoms with Gasteiger partial charge in [-0.05, 0) is 28.1 Å². The Kier molecular flexibility index (Phi) is 4.55. The second kappa shape index (κ2) is 5.55. The summed E-state index contributed by atoms with van der Waals surface area (Å²) in [5.74, 6) is -1.57. The monoisotopic (exact) mass is 328 g/mol. The molecule has 1 aromatic rings. The summed E-state index contributed by atoms with van der Waals surface area (Å²) in [6, 6.07) is 2.42. The molecule has 0 spiro atoms. The van der Waals surface area contributed by atoms with E-state index in [4.69, 9.17) is 15.9 Å². The van der Waals surface area contributed by atoms with E-state index in [1.807, 2.05) is 0 Å². The number of alkyl halides is 3. The van der Waals surface area contributed by atoms with E-state index >= 15 is 0 Å². The van der Waals surface area contributed by atoms with Crippen molar-refractivity contribution in [2.24, 2.45) is 5.73 Å². The average Bonchev–Trinajstić information content (AvgIpc) is 2.22. The topological polar surface area (TPSA) is 59.1 Å². The molecule has 3 N–H and O–H groups in total. The van der Waals surface area contributed by atoms with Gasteiger partial charge in [0.25, 0.3) is 0 Å². The van der Waals surface area contributed by atoms with Crippen LogP contribution in [0, 0.1) is 11.2 Å². The standard InChI is InChI=1S/C10H9BrF4N2O/c11-7-5(9(16)17)1-2-6(8(7)12)18-4-3-10(13,14)15/h1-2H,3-4H2,(H3,16,17). The number of halogens is 5. The zero-order chi connectivity index (χ0) is 13.9. The van der Waals surface area contributed by atoms with Gasteiger partial charge in [0.2, 0.25) is 0 Å². The maximum absolute atomic E-state index is 13.6. The summed E-state index contributed by atoms with van der Waals surface area (Å²) >= 11 is 2.86. The van der Waals surface area contributed by atoms with E-state index in [1.54, 1.807) is 0 Å². The van der Waals surface area contributed by atoms with Gasteiger partial charge in [0.15, 0.2) is 11.6 Å². The molecule has 0 radical (unpaired) electrons. The summed E-state index contributed by atoms with van der Waals surface area (Å²) in [6.45, 7) is -0.674. The third kappa shape index (κ3) is 3.86. The smallest absolute Gasteiger partial charge is 0.392 e. The largest absolute Gasteiger partial charge is 0.490 e. The lowest BCUT2D eigenvalue weighted by Gasteiger charge is -2.11. The highest BCUT2D eigenvalue weighted by atomic mass is 79.9. The van der Waals surface area contributed by atoms with Crippen molar-refractivity contribution in [3.8, 4) is 5.75 Å². The van der Waals surface area contributed by atoms with Crippen LogP contribution in [0.2, 0.25) is 0 Å². The van der Waals surface area contributed by atoms with Crippen LogP contribution in [-0.4, -0.2) is 18.6 Å². The fourth-order valence-electron chi connectivity index (χ4n) is 1.13. The summed E-state index contributed by atoms with van der Waals surface area (Å²) in [6.07, 6.45) is -5.52. The predicted molar refractivity (Wildman–Crippen MR) is 61.3 cm³/mol. The van der Waals surface area contributed by atoms with Crippen molar-refractivity contribution in [1.82, 2.24) is 0 Å². The normalized spacial score (nSPS) is 11.4. The number of nitrogens with one attached hydrogen (secondary N) is 1. The minimum Gasteiger partial charge on any atom is -0.490 e. The molecule has 0 saturated heterocycles. The molecule has 0 fully saturated rings. The minimum absolute atomic E-state index is 0.107. The van der Waals surface area contributed by atoms with Gasteiger partial charge in [-0.2, -0.15) is 13.2 Å². The fourth-order valence-corrected chi connectivity index (χ4v) is 1.67. The molecule has 0 aliphatic carbocycles. The summed E-state index contributed by atoms with van der Waals surface area (Å²) in [5.41, 5.74) is 5.29. The molecule has 0 aromatic heterocycles. The van der Waals surface area contributed by atoms with Crippen molar-refractivity contribution in [3.05, 3.63) is 28.0 Å². The van der Waals surface area contributed by atoms with Gasteiger partial charge < -0.3 is 10.5 Å². The Labute approximate surface area is 109 Å². The van der Waals surface area contributed by atoms with Crippen molar-refractivity contribution in [2.45, 2.75) is 12.6 Å². The Bertz CT molecular complexity index is 462. The second-order valence-corrected chi connectivity index (χ2v) is 4.16. The number of amidine groups is 1. The molecule has 18 heavy (non-hydrogen) atoms. The van der Waals surface area contributed by atoms with Crippen LogP contribution < -0.4 is 10.5 Å². The van der Waals surface area contributed by atoms with E-state index in [1.165, 1.54) is 6.07 Å². The zero-order valence-electron chi connectivity index (χ0n) is 8.94. The number of rotatable bonds is 4. The third-order valence-corrected chi connectivity index (χ3v) is 2.76. The Morgan fingerprint density at radius 1 is 1.39 bits per heavy atom. The number of benzene rings is 1. The first-order valence-corrected chi connectivity index (χ1v) is 5.53. The molecule has 3 nitrogen and oxygen atoms in total. The quantitative estimate of drug-likeness (QED) is 0.506. The molecular weight excluding hydrogens is 320 g/mol. The molecule has 0 aliphatic heterocycles. The van der Waals surface area contributed by atoms with Gasteiger partial charge in [0.05, 0.1) is 17.5 Å². The van der Waals surface area contributed by atoms with Crippen LogP contribution in [0.25, 0.3) is 0 Å². The summed E-state index contributed by atoms with van der Waals surface area (Å²) < 4.78 is 53.9. The van der Waals surface area contributed by atoms with Crippen molar-refractivity contribution in [2.75, 3.05) is 6.61 Å². The van der Waals surface area contributed by atoms with Gasteiger partial charge >= 0.3 is 6.18 Å². The molecule has 1 rings (SSSR count). The molecule has 8 heteroatoms. The number of ether oxygens (including phenoxy) is 1.